The van der Waals surface area contributed by atoms with Gasteiger partial charge in [-0.05, 0) is 36.8 Å². The lowest BCUT2D eigenvalue weighted by molar-refractivity contribution is 0.0980. The lowest BCUT2D eigenvalue weighted by Crippen LogP contribution is -2.13. The van der Waals surface area contributed by atoms with Crippen molar-refractivity contribution in [3.63, 3.8) is 0 Å². The number of anilines is 2. The maximum atomic E-state index is 12.3. The van der Waals surface area contributed by atoms with Gasteiger partial charge in [-0.3, -0.25) is 14.9 Å². The monoisotopic (exact) mass is 378 g/mol. The molecule has 0 bridgehead atoms. The number of para-hydroxylation sites is 1. The van der Waals surface area contributed by atoms with E-state index in [9.17, 15) is 9.59 Å². The number of hydrogen-bond acceptors (Lipinski definition) is 6. The molecule has 134 valence electrons. The predicted molar refractivity (Wildman–Crippen MR) is 103 cm³/mol. The first-order valence-electron chi connectivity index (χ1n) is 8.10. The number of thiazole rings is 1. The lowest BCUT2D eigenvalue weighted by atomic mass is 10.2. The molecule has 0 aliphatic carbocycles. The number of amides is 2. The number of carbonyl (C=O) groups excluding carboxylic acids is 2. The van der Waals surface area contributed by atoms with Crippen LogP contribution in [0.1, 0.15) is 26.6 Å². The molecular weight excluding hydrogens is 364 g/mol. The van der Waals surface area contributed by atoms with Gasteiger partial charge < -0.3 is 9.84 Å². The highest BCUT2D eigenvalue weighted by atomic mass is 32.1. The standard InChI is InChI=1S/C19H14N4O3S/c1-11-7-8-13-16(9-11)27-19(21-13)22-18(25)15-10-14(23-26-15)17(24)20-12-5-3-2-4-6-12/h2-10H,1H3,(H,20,24)(H,21,22,25). The average molecular weight is 378 g/mol. The zero-order valence-corrected chi connectivity index (χ0v) is 15.0. The normalized spacial score (nSPS) is 10.7. The summed E-state index contributed by atoms with van der Waals surface area (Å²) in [6.45, 7) is 1.99. The lowest BCUT2D eigenvalue weighted by Gasteiger charge is -2.00. The van der Waals surface area contributed by atoms with Crippen molar-refractivity contribution in [3.8, 4) is 0 Å². The number of benzene rings is 2. The maximum Gasteiger partial charge on any atom is 0.296 e. The number of rotatable bonds is 4. The van der Waals surface area contributed by atoms with Crippen LogP contribution in [0.5, 0.6) is 0 Å². The van der Waals surface area contributed by atoms with Crippen molar-refractivity contribution in [3.05, 3.63) is 71.6 Å². The van der Waals surface area contributed by atoms with Gasteiger partial charge in [0.15, 0.2) is 10.8 Å². The Morgan fingerprint density at radius 2 is 1.81 bits per heavy atom. The minimum absolute atomic E-state index is 0.0175. The molecule has 27 heavy (non-hydrogen) atoms. The van der Waals surface area contributed by atoms with Crippen molar-refractivity contribution < 1.29 is 14.1 Å². The van der Waals surface area contributed by atoms with E-state index in [-0.39, 0.29) is 11.5 Å². The second kappa shape index (κ2) is 7.00. The molecule has 0 saturated carbocycles. The number of carbonyl (C=O) groups is 2. The van der Waals surface area contributed by atoms with Crippen LogP contribution in [0.3, 0.4) is 0 Å². The molecule has 0 unspecified atom stereocenters. The molecule has 2 heterocycles. The van der Waals surface area contributed by atoms with Crippen molar-refractivity contribution in [2.75, 3.05) is 10.6 Å². The first-order valence-corrected chi connectivity index (χ1v) is 8.92. The molecule has 4 aromatic rings. The number of aromatic nitrogens is 2. The molecule has 4 rings (SSSR count). The van der Waals surface area contributed by atoms with E-state index in [2.05, 4.69) is 20.8 Å². The molecular formula is C19H14N4O3S. The number of aryl methyl sites for hydroxylation is 1. The molecule has 0 atom stereocenters. The molecule has 0 aliphatic heterocycles. The van der Waals surface area contributed by atoms with Crippen molar-refractivity contribution in [1.29, 1.82) is 0 Å². The van der Waals surface area contributed by atoms with Gasteiger partial charge in [-0.15, -0.1) is 0 Å². The van der Waals surface area contributed by atoms with Gasteiger partial charge in [0, 0.05) is 11.8 Å². The number of fused-ring (bicyclic) bond motifs is 1. The molecule has 2 aromatic heterocycles. The SMILES string of the molecule is Cc1ccc2nc(NC(=O)c3cc(C(=O)Nc4ccccc4)no3)sc2c1. The van der Waals surface area contributed by atoms with E-state index in [1.807, 2.05) is 31.2 Å². The van der Waals surface area contributed by atoms with Gasteiger partial charge in [-0.25, -0.2) is 4.98 Å². The Morgan fingerprint density at radius 3 is 2.63 bits per heavy atom. The third kappa shape index (κ3) is 3.70. The molecule has 8 heteroatoms. The topological polar surface area (TPSA) is 97.1 Å². The van der Waals surface area contributed by atoms with E-state index >= 15 is 0 Å². The van der Waals surface area contributed by atoms with E-state index in [1.54, 1.807) is 24.3 Å². The average Bonchev–Trinajstić information content (AvgIpc) is 3.29. The van der Waals surface area contributed by atoms with Crippen LogP contribution in [-0.4, -0.2) is 22.0 Å². The molecule has 0 fully saturated rings. The molecule has 0 saturated heterocycles. The van der Waals surface area contributed by atoms with Crippen molar-refractivity contribution >= 4 is 44.2 Å². The van der Waals surface area contributed by atoms with Gasteiger partial charge >= 0.3 is 0 Å². The fourth-order valence-corrected chi connectivity index (χ4v) is 3.41. The van der Waals surface area contributed by atoms with E-state index in [1.165, 1.54) is 17.4 Å². The third-order valence-electron chi connectivity index (χ3n) is 3.76. The highest BCUT2D eigenvalue weighted by Gasteiger charge is 2.19. The zero-order chi connectivity index (χ0) is 18.8. The van der Waals surface area contributed by atoms with Crippen molar-refractivity contribution in [2.24, 2.45) is 0 Å². The van der Waals surface area contributed by atoms with Gasteiger partial charge in [0.2, 0.25) is 5.76 Å². The van der Waals surface area contributed by atoms with E-state index in [4.69, 9.17) is 4.52 Å². The summed E-state index contributed by atoms with van der Waals surface area (Å²) in [6.07, 6.45) is 0. The number of nitrogens with one attached hydrogen (secondary N) is 2. The molecule has 0 spiro atoms. The molecule has 7 nitrogen and oxygen atoms in total. The van der Waals surface area contributed by atoms with Crippen LogP contribution < -0.4 is 10.6 Å². The highest BCUT2D eigenvalue weighted by Crippen LogP contribution is 2.27. The van der Waals surface area contributed by atoms with Crippen LogP contribution in [-0.2, 0) is 0 Å². The summed E-state index contributed by atoms with van der Waals surface area (Å²) >= 11 is 1.36. The molecule has 2 N–H and O–H groups in total. The molecule has 0 aliphatic rings. The quantitative estimate of drug-likeness (QED) is 0.557. The summed E-state index contributed by atoms with van der Waals surface area (Å²) in [6, 6.07) is 16.1. The predicted octanol–water partition coefficient (Wildman–Crippen LogP) is 4.10. The Hall–Kier alpha value is -3.52. The first kappa shape index (κ1) is 16.9. The smallest absolute Gasteiger partial charge is 0.296 e. The van der Waals surface area contributed by atoms with Crippen molar-refractivity contribution in [2.45, 2.75) is 6.92 Å². The Bertz CT molecular complexity index is 1130. The highest BCUT2D eigenvalue weighted by molar-refractivity contribution is 7.22. The second-order valence-electron chi connectivity index (χ2n) is 5.84. The first-order chi connectivity index (χ1) is 13.1. The van der Waals surface area contributed by atoms with Crippen molar-refractivity contribution in [1.82, 2.24) is 10.1 Å². The van der Waals surface area contributed by atoms with E-state index in [0.717, 1.165) is 15.8 Å². The molecule has 2 amide bonds. The van der Waals surface area contributed by atoms with Crippen LogP contribution >= 0.6 is 11.3 Å². The summed E-state index contributed by atoms with van der Waals surface area (Å²) in [5, 5.41) is 9.47. The summed E-state index contributed by atoms with van der Waals surface area (Å²) in [5.41, 5.74) is 2.57. The van der Waals surface area contributed by atoms with E-state index < -0.39 is 11.8 Å². The Kier molecular flexibility index (Phi) is 4.39. The molecule has 2 aromatic carbocycles. The summed E-state index contributed by atoms with van der Waals surface area (Å²) in [4.78, 5) is 28.9. The van der Waals surface area contributed by atoms with Crippen LogP contribution in [0.15, 0.2) is 59.1 Å². The van der Waals surface area contributed by atoms with Gasteiger partial charge in [-0.2, -0.15) is 0 Å². The Balaban J connectivity index is 1.47. The second-order valence-corrected chi connectivity index (χ2v) is 6.87. The van der Waals surface area contributed by atoms with Crippen LogP contribution in [0.25, 0.3) is 10.2 Å². The minimum Gasteiger partial charge on any atom is -0.350 e. The number of nitrogens with zero attached hydrogens (tertiary/aromatic N) is 2. The summed E-state index contributed by atoms with van der Waals surface area (Å²) in [5.74, 6) is -1.04. The Labute approximate surface area is 158 Å². The van der Waals surface area contributed by atoms with Crippen LogP contribution in [0, 0.1) is 6.92 Å². The Morgan fingerprint density at radius 1 is 1.00 bits per heavy atom. The van der Waals surface area contributed by atoms with Gasteiger partial charge in [0.05, 0.1) is 10.2 Å². The fraction of sp³-hybridized carbons (Fsp3) is 0.0526. The fourth-order valence-electron chi connectivity index (χ4n) is 2.45. The number of hydrogen-bond donors (Lipinski definition) is 2. The van der Waals surface area contributed by atoms with Crippen LogP contribution in [0.2, 0.25) is 0 Å². The third-order valence-corrected chi connectivity index (χ3v) is 4.70. The maximum absolute atomic E-state index is 12.3. The largest absolute Gasteiger partial charge is 0.350 e. The van der Waals surface area contributed by atoms with Gasteiger partial charge in [0.25, 0.3) is 11.8 Å². The summed E-state index contributed by atoms with van der Waals surface area (Å²) in [7, 11) is 0. The molecule has 0 radical (unpaired) electrons. The summed E-state index contributed by atoms with van der Waals surface area (Å²) < 4.78 is 5.98. The van der Waals surface area contributed by atoms with Crippen LogP contribution in [0.4, 0.5) is 10.8 Å². The van der Waals surface area contributed by atoms with Gasteiger partial charge in [-0.1, -0.05) is 40.8 Å². The van der Waals surface area contributed by atoms with E-state index in [0.29, 0.717) is 10.8 Å². The zero-order valence-electron chi connectivity index (χ0n) is 14.2. The minimum atomic E-state index is -0.517. The van der Waals surface area contributed by atoms with Gasteiger partial charge in [0.1, 0.15) is 0 Å².